The van der Waals surface area contributed by atoms with Crippen molar-refractivity contribution >= 4 is 17.6 Å². The molecule has 1 aromatic heterocycles. The highest BCUT2D eigenvalue weighted by Gasteiger charge is 2.57. The zero-order valence-electron chi connectivity index (χ0n) is 21.4. The van der Waals surface area contributed by atoms with Gasteiger partial charge in [0.2, 0.25) is 5.91 Å². The van der Waals surface area contributed by atoms with Crippen LogP contribution in [0.4, 0.5) is 5.82 Å². The Morgan fingerprint density at radius 2 is 1.95 bits per heavy atom. The number of hydrogen-bond donors (Lipinski definition) is 2. The molecule has 3 atom stereocenters. The number of nitrogens with one attached hydrogen (secondary N) is 1. The number of carbonyl (C=O) groups excluding carboxylic acids is 2. The second-order valence-electron chi connectivity index (χ2n) is 11.9. The van der Waals surface area contributed by atoms with Gasteiger partial charge in [0.25, 0.3) is 5.91 Å². The van der Waals surface area contributed by atoms with Crippen molar-refractivity contribution in [3.05, 3.63) is 58.8 Å². The van der Waals surface area contributed by atoms with E-state index in [1.165, 1.54) is 11.1 Å². The van der Waals surface area contributed by atoms with E-state index in [2.05, 4.69) is 39.5 Å². The topological polar surface area (TPSA) is 89.0 Å². The molecule has 8 nitrogen and oxygen atoms in total. The number of aliphatic hydroxyl groups excluding tert-OH is 1. The van der Waals surface area contributed by atoms with Gasteiger partial charge in [-0.1, -0.05) is 24.3 Å². The molecule has 2 amide bonds. The SMILES string of the molecule is CC(=O)N1CC2C(C1)C2Nc1cc2c(cn1)C1(CC1)CN(C[C@H](O)CN1CCc3ccccc3C1)C2=O. The number of aromatic nitrogens is 1. The summed E-state index contributed by atoms with van der Waals surface area (Å²) in [6.45, 7) is 6.62. The van der Waals surface area contributed by atoms with Gasteiger partial charge in [0.15, 0.2) is 0 Å². The molecule has 2 N–H and O–H groups in total. The lowest BCUT2D eigenvalue weighted by Gasteiger charge is -2.37. The number of hydrogen-bond acceptors (Lipinski definition) is 6. The van der Waals surface area contributed by atoms with Crippen molar-refractivity contribution in [2.75, 3.05) is 44.6 Å². The van der Waals surface area contributed by atoms with Gasteiger partial charge in [-0.3, -0.25) is 14.5 Å². The van der Waals surface area contributed by atoms with Gasteiger partial charge in [0.05, 0.1) is 6.10 Å². The predicted octanol–water partition coefficient (Wildman–Crippen LogP) is 1.88. The smallest absolute Gasteiger partial charge is 0.254 e. The fourth-order valence-electron chi connectivity index (χ4n) is 7.04. The summed E-state index contributed by atoms with van der Waals surface area (Å²) in [7, 11) is 0. The number of rotatable bonds is 6. The number of pyridine rings is 1. The molecule has 3 aliphatic heterocycles. The van der Waals surface area contributed by atoms with Gasteiger partial charge in [-0.15, -0.1) is 0 Å². The first-order valence-electron chi connectivity index (χ1n) is 13.7. The molecule has 7 rings (SSSR count). The Morgan fingerprint density at radius 3 is 2.68 bits per heavy atom. The molecule has 37 heavy (non-hydrogen) atoms. The summed E-state index contributed by atoms with van der Waals surface area (Å²) in [6.07, 6.45) is 4.44. The highest BCUT2D eigenvalue weighted by Crippen LogP contribution is 2.53. The molecular formula is C29H35N5O3. The van der Waals surface area contributed by atoms with E-state index in [1.54, 1.807) is 6.92 Å². The summed E-state index contributed by atoms with van der Waals surface area (Å²) in [5, 5.41) is 14.5. The van der Waals surface area contributed by atoms with E-state index in [0.717, 1.165) is 62.4 Å². The van der Waals surface area contributed by atoms with Crippen LogP contribution in [0.5, 0.6) is 0 Å². The number of likely N-dealkylation sites (tertiary alicyclic amines) is 1. The monoisotopic (exact) mass is 501 g/mol. The third-order valence-corrected chi connectivity index (χ3v) is 9.40. The van der Waals surface area contributed by atoms with E-state index in [1.807, 2.05) is 22.1 Å². The summed E-state index contributed by atoms with van der Waals surface area (Å²) in [5.41, 5.74) is 4.53. The van der Waals surface area contributed by atoms with Crippen molar-refractivity contribution in [1.82, 2.24) is 19.7 Å². The maximum absolute atomic E-state index is 13.6. The quantitative estimate of drug-likeness (QED) is 0.629. The van der Waals surface area contributed by atoms with Gasteiger partial charge in [0.1, 0.15) is 5.82 Å². The van der Waals surface area contributed by atoms with Gasteiger partial charge in [-0.05, 0) is 42.0 Å². The molecule has 0 radical (unpaired) electrons. The maximum atomic E-state index is 13.6. The van der Waals surface area contributed by atoms with Crippen LogP contribution in [0.1, 0.15) is 46.8 Å². The number of benzene rings is 1. The first-order valence-corrected chi connectivity index (χ1v) is 13.7. The molecule has 1 saturated heterocycles. The first-order chi connectivity index (χ1) is 17.9. The van der Waals surface area contributed by atoms with E-state index < -0.39 is 6.10 Å². The van der Waals surface area contributed by atoms with Gasteiger partial charge in [-0.2, -0.15) is 0 Å². The molecule has 2 unspecified atom stereocenters. The van der Waals surface area contributed by atoms with E-state index in [9.17, 15) is 14.7 Å². The fourth-order valence-corrected chi connectivity index (χ4v) is 7.04. The van der Waals surface area contributed by atoms with Gasteiger partial charge in [0, 0.05) is 87.8 Å². The molecule has 194 valence electrons. The van der Waals surface area contributed by atoms with Crippen LogP contribution in [0.25, 0.3) is 0 Å². The van der Waals surface area contributed by atoms with Crippen molar-refractivity contribution in [3.63, 3.8) is 0 Å². The minimum Gasteiger partial charge on any atom is -0.390 e. The number of fused-ring (bicyclic) bond motifs is 4. The van der Waals surface area contributed by atoms with Crippen LogP contribution in [0.15, 0.2) is 36.5 Å². The van der Waals surface area contributed by atoms with E-state index >= 15 is 0 Å². The number of carbonyl (C=O) groups is 2. The molecule has 8 heteroatoms. The van der Waals surface area contributed by atoms with Crippen LogP contribution < -0.4 is 5.32 Å². The molecule has 2 aromatic rings. The van der Waals surface area contributed by atoms with Crippen molar-refractivity contribution in [2.24, 2.45) is 11.8 Å². The lowest BCUT2D eigenvalue weighted by Crippen LogP contribution is -2.49. The van der Waals surface area contributed by atoms with Crippen LogP contribution in [0.3, 0.4) is 0 Å². The van der Waals surface area contributed by atoms with Crippen LogP contribution in [-0.4, -0.2) is 88.0 Å². The number of anilines is 1. The second-order valence-corrected chi connectivity index (χ2v) is 11.9. The predicted molar refractivity (Wildman–Crippen MR) is 139 cm³/mol. The standard InChI is InChI=1S/C29H35N5O3/c1-18(35)33-15-23-24(16-33)27(23)31-26-10-22-25(11-30-26)29(7-8-29)17-34(28(22)37)14-21(36)13-32-9-6-19-4-2-3-5-20(19)12-32/h2-5,10-11,21,23-24,27,36H,6-9,12-17H2,1H3,(H,30,31)/t21-,23?,24?,27?/m1/s1. The summed E-state index contributed by atoms with van der Waals surface area (Å²) < 4.78 is 0. The van der Waals surface area contributed by atoms with E-state index in [4.69, 9.17) is 0 Å². The van der Waals surface area contributed by atoms with Crippen molar-refractivity contribution in [2.45, 2.75) is 50.3 Å². The van der Waals surface area contributed by atoms with Crippen LogP contribution in [-0.2, 0) is 23.2 Å². The summed E-state index contributed by atoms with van der Waals surface area (Å²) in [4.78, 5) is 36.0. The third-order valence-electron chi connectivity index (χ3n) is 9.40. The van der Waals surface area contributed by atoms with Crippen LogP contribution in [0, 0.1) is 11.8 Å². The second kappa shape index (κ2) is 8.53. The molecule has 4 heterocycles. The molecule has 3 fully saturated rings. The zero-order valence-corrected chi connectivity index (χ0v) is 21.4. The van der Waals surface area contributed by atoms with Crippen molar-refractivity contribution in [1.29, 1.82) is 0 Å². The Hall–Kier alpha value is -2.97. The first kappa shape index (κ1) is 23.2. The Bertz CT molecular complexity index is 1250. The number of nitrogens with zero attached hydrogens (tertiary/aromatic N) is 4. The third kappa shape index (κ3) is 4.10. The lowest BCUT2D eigenvalue weighted by atomic mass is 9.87. The van der Waals surface area contributed by atoms with Gasteiger partial charge >= 0.3 is 0 Å². The van der Waals surface area contributed by atoms with Crippen LogP contribution in [0.2, 0.25) is 0 Å². The number of aliphatic hydroxyl groups is 1. The Kier molecular flexibility index (Phi) is 5.34. The zero-order chi connectivity index (χ0) is 25.3. The molecule has 2 aliphatic carbocycles. The van der Waals surface area contributed by atoms with Crippen molar-refractivity contribution < 1.29 is 14.7 Å². The number of piperidine rings is 1. The van der Waals surface area contributed by atoms with E-state index in [0.29, 0.717) is 37.5 Å². The largest absolute Gasteiger partial charge is 0.390 e. The summed E-state index contributed by atoms with van der Waals surface area (Å²) >= 11 is 0. The normalized spacial score (nSPS) is 27.9. The molecule has 0 bridgehead atoms. The Labute approximate surface area is 217 Å². The molecule has 1 aromatic carbocycles. The Balaban J connectivity index is 1.01. The Morgan fingerprint density at radius 1 is 1.19 bits per heavy atom. The van der Waals surface area contributed by atoms with Crippen molar-refractivity contribution in [3.8, 4) is 0 Å². The summed E-state index contributed by atoms with van der Waals surface area (Å²) in [6, 6.07) is 10.8. The maximum Gasteiger partial charge on any atom is 0.254 e. The number of amides is 2. The molecule has 2 saturated carbocycles. The molecule has 5 aliphatic rings. The summed E-state index contributed by atoms with van der Waals surface area (Å²) in [5.74, 6) is 1.83. The van der Waals surface area contributed by atoms with Gasteiger partial charge in [-0.25, -0.2) is 4.98 Å². The minimum absolute atomic E-state index is 0.000222. The lowest BCUT2D eigenvalue weighted by molar-refractivity contribution is -0.128. The molecule has 1 spiro atoms. The van der Waals surface area contributed by atoms with Crippen LogP contribution >= 0.6 is 0 Å². The minimum atomic E-state index is -0.582. The van der Waals surface area contributed by atoms with Gasteiger partial charge < -0.3 is 20.2 Å². The highest BCUT2D eigenvalue weighted by atomic mass is 16.3. The average molecular weight is 502 g/mol. The van der Waals surface area contributed by atoms with E-state index in [-0.39, 0.29) is 17.2 Å². The average Bonchev–Trinajstić information content (AvgIpc) is 3.74. The fraction of sp³-hybridized carbons (Fsp3) is 0.552. The number of β-amino-alcohol motifs (C(OH)–C–C–N with tert-alkyl or cyclic N) is 1. The molecular weight excluding hydrogens is 466 g/mol. The highest BCUT2D eigenvalue weighted by molar-refractivity contribution is 5.98.